The van der Waals surface area contributed by atoms with E-state index in [0.29, 0.717) is 73.7 Å². The fraction of sp³-hybridized carbons (Fsp3) is 0.206. The number of rotatable bonds is 18. The summed E-state index contributed by atoms with van der Waals surface area (Å²) in [6.45, 7) is 9.10. The van der Waals surface area contributed by atoms with Gasteiger partial charge in [0, 0.05) is 156 Å². The van der Waals surface area contributed by atoms with Crippen LogP contribution in [0.1, 0.15) is 139 Å². The van der Waals surface area contributed by atoms with Crippen molar-refractivity contribution in [3.05, 3.63) is 188 Å². The molecule has 9 N–H and O–H groups in total. The lowest BCUT2D eigenvalue weighted by Crippen LogP contribution is -2.31. The van der Waals surface area contributed by atoms with Gasteiger partial charge in [-0.2, -0.15) is 0 Å². The topological polar surface area (TPSA) is 473 Å². The number of anilines is 6. The molecule has 34 nitrogen and oxygen atoms in total. The average molecular weight is 1540 g/mol. The van der Waals surface area contributed by atoms with Gasteiger partial charge in [-0.1, -0.05) is 11.6 Å². The SMILES string of the molecule is Cc1[nH]cnc1C(=O)Nc1scc(-c2cnccn2)c1C(=O)O.Cc1nc(N2CCCCC2)ncc1-c1csc(NC(=O)c2cnccn2)c1C(=O)O.Cc1nc(N2CCCCC2)ncc1-c1csc(NC(=O)c2cncnc2)c1C(=O)O.Cn1cnc(C(=O)Nc2scc(-c3cnccn3)c2C(=O)O)c1Cl. The number of hydrogen-bond acceptors (Lipinski definition) is 28. The van der Waals surface area contributed by atoms with Gasteiger partial charge in [0.15, 0.2) is 5.69 Å². The lowest BCUT2D eigenvalue weighted by Gasteiger charge is -2.26. The molecular weight excluding hydrogens is 1480 g/mol. The van der Waals surface area contributed by atoms with Crippen molar-refractivity contribution >= 4 is 136 Å². The fourth-order valence-electron chi connectivity index (χ4n) is 10.9. The molecule has 14 heterocycles. The number of hydrogen-bond donors (Lipinski definition) is 9. The number of aromatic amines is 1. The van der Waals surface area contributed by atoms with Crippen molar-refractivity contribution in [2.45, 2.75) is 59.3 Å². The zero-order valence-electron chi connectivity index (χ0n) is 56.8. The summed E-state index contributed by atoms with van der Waals surface area (Å²) in [5.41, 5.74) is 6.37. The Hall–Kier alpha value is -12.7. The van der Waals surface area contributed by atoms with E-state index in [4.69, 9.17) is 11.6 Å². The van der Waals surface area contributed by atoms with Crippen molar-refractivity contribution in [3.63, 3.8) is 0 Å². The Morgan fingerprint density at radius 2 is 0.850 bits per heavy atom. The number of amides is 4. The maximum Gasteiger partial charge on any atom is 0.339 e. The number of halogens is 1. The zero-order chi connectivity index (χ0) is 75.8. The van der Waals surface area contributed by atoms with Gasteiger partial charge in [-0.15, -0.1) is 45.3 Å². The standard InChI is InChI=1S/2C20H20N6O3S.C14H10ClN5O3S.C14H11N5O3S/c1-12-13(9-23-20(24-12)26-7-3-2-4-8-26)14-11-30-18(16(14)19(28)29)25-17(27)15-10-21-5-6-22-15;1-12-14(9-23-20(24-12)26-5-3-2-4-6-26)15-10-30-18(16(15)19(28)29)25-17(27)13-7-21-11-22-8-13;1-20-6-18-10(11(20)15)12(21)19-13-9(14(22)23)7(5-24-13)8-4-16-2-3-17-8;1-7-11(18-6-17-7)12(20)19-13-10(14(21)22)8(5-23-13)9-4-15-2-3-16-9/h5-6,9-11H,2-4,7-8H2,1H3,(H,25,27)(H,28,29);7-11H,2-6H2,1H3,(H,25,27)(H,28,29);2-6H,1H3,(H,19,21)(H,22,23);2-6H,1H3,(H,17,18)(H,19,20)(H,21,22). The Labute approximate surface area is 627 Å². The molecule has 0 aromatic carbocycles. The van der Waals surface area contributed by atoms with Crippen molar-refractivity contribution in [1.82, 2.24) is 79.3 Å². The molecule has 0 aliphatic carbocycles. The third-order valence-electron chi connectivity index (χ3n) is 16.1. The van der Waals surface area contributed by atoms with E-state index in [0.717, 1.165) is 97.2 Å². The molecule has 2 saturated heterocycles. The number of imidazole rings is 2. The summed E-state index contributed by atoms with van der Waals surface area (Å²) in [6.07, 6.45) is 30.1. The summed E-state index contributed by atoms with van der Waals surface area (Å²) in [5.74, 6) is -5.33. The van der Waals surface area contributed by atoms with Gasteiger partial charge >= 0.3 is 23.9 Å². The molecule has 0 saturated carbocycles. The van der Waals surface area contributed by atoms with Gasteiger partial charge in [-0.25, -0.2) is 64.0 Å². The molecule has 14 rings (SSSR count). The largest absolute Gasteiger partial charge is 0.478 e. The zero-order valence-corrected chi connectivity index (χ0v) is 60.8. The van der Waals surface area contributed by atoms with Crippen LogP contribution in [-0.2, 0) is 7.05 Å². The first kappa shape index (κ1) is 75.5. The first-order valence-corrected chi connectivity index (χ1v) is 36.1. The highest BCUT2D eigenvalue weighted by Gasteiger charge is 2.29. The number of carboxylic acids is 4. The number of nitrogens with one attached hydrogen (secondary N) is 5. The summed E-state index contributed by atoms with van der Waals surface area (Å²) in [5, 5.41) is 56.7. The van der Waals surface area contributed by atoms with Crippen LogP contribution >= 0.6 is 56.9 Å². The second kappa shape index (κ2) is 34.8. The lowest BCUT2D eigenvalue weighted by atomic mass is 10.0. The lowest BCUT2D eigenvalue weighted by molar-refractivity contribution is 0.0688. The van der Waals surface area contributed by atoms with Crippen molar-refractivity contribution < 1.29 is 58.8 Å². The summed E-state index contributed by atoms with van der Waals surface area (Å²) in [6, 6.07) is 0. The first-order chi connectivity index (χ1) is 51.6. The number of carbonyl (C=O) groups excluding carboxylic acids is 4. The second-order valence-electron chi connectivity index (χ2n) is 23.2. The van der Waals surface area contributed by atoms with Gasteiger partial charge in [0.2, 0.25) is 11.9 Å². The van der Waals surface area contributed by atoms with Gasteiger partial charge < -0.3 is 61.0 Å². The van der Waals surface area contributed by atoms with Gasteiger partial charge in [-0.05, 0) is 59.3 Å². The molecule has 2 fully saturated rings. The van der Waals surface area contributed by atoms with Crippen molar-refractivity contribution in [3.8, 4) is 44.8 Å². The van der Waals surface area contributed by atoms with Crippen molar-refractivity contribution in [2.75, 3.05) is 57.2 Å². The van der Waals surface area contributed by atoms with Gasteiger partial charge in [0.1, 0.15) is 65.1 Å². The quantitative estimate of drug-likeness (QED) is 0.0385. The maximum atomic E-state index is 12.4. The monoisotopic (exact) mass is 1540 g/mol. The highest BCUT2D eigenvalue weighted by Crippen LogP contribution is 2.41. The molecule has 0 bridgehead atoms. The van der Waals surface area contributed by atoms with Gasteiger partial charge in [-0.3, -0.25) is 44.1 Å². The number of aryl methyl sites for hydroxylation is 4. The molecule has 12 aromatic heterocycles. The van der Waals surface area contributed by atoms with Crippen LogP contribution in [0, 0.1) is 20.8 Å². The Bertz CT molecular complexity index is 5070. The van der Waals surface area contributed by atoms with E-state index >= 15 is 0 Å². The number of piperidine rings is 2. The number of aromatic carboxylic acids is 4. The predicted molar refractivity (Wildman–Crippen MR) is 398 cm³/mol. The van der Waals surface area contributed by atoms with E-state index in [-0.39, 0.29) is 70.1 Å². The molecular formula is C68H61ClN22O12S4. The van der Waals surface area contributed by atoms with E-state index in [1.54, 1.807) is 47.9 Å². The number of nitrogens with zero attached hydrogens (tertiary/aromatic N) is 17. The third kappa shape index (κ3) is 17.9. The minimum Gasteiger partial charge on any atom is -0.478 e. The number of carbonyl (C=O) groups is 8. The third-order valence-corrected chi connectivity index (χ3v) is 20.2. The number of aromatic nitrogens is 16. The summed E-state index contributed by atoms with van der Waals surface area (Å²) >= 11 is 10.5. The van der Waals surface area contributed by atoms with E-state index in [9.17, 15) is 58.8 Å². The highest BCUT2D eigenvalue weighted by atomic mass is 35.5. The molecule has 2 aliphatic heterocycles. The molecule has 0 atom stereocenters. The van der Waals surface area contributed by atoms with Crippen LogP contribution in [0.2, 0.25) is 5.15 Å². The van der Waals surface area contributed by atoms with E-state index < -0.39 is 47.5 Å². The molecule has 4 amide bonds. The average Bonchev–Trinajstić information content (AvgIpc) is 1.71. The van der Waals surface area contributed by atoms with Crippen LogP contribution in [0.5, 0.6) is 0 Å². The Balaban J connectivity index is 0.000000143. The van der Waals surface area contributed by atoms with Crippen LogP contribution in [-0.4, -0.2) is 173 Å². The molecule has 12 aromatic rings. The first-order valence-electron chi connectivity index (χ1n) is 32.2. The van der Waals surface area contributed by atoms with Crippen molar-refractivity contribution in [1.29, 1.82) is 0 Å². The maximum absolute atomic E-state index is 12.4. The van der Waals surface area contributed by atoms with Crippen LogP contribution in [0.15, 0.2) is 121 Å². The number of thiophene rings is 4. The molecule has 107 heavy (non-hydrogen) atoms. The summed E-state index contributed by atoms with van der Waals surface area (Å²) in [7, 11) is 1.64. The minimum absolute atomic E-state index is 0.00895. The number of H-pyrrole nitrogens is 1. The van der Waals surface area contributed by atoms with Gasteiger partial charge in [0.25, 0.3) is 23.6 Å². The molecule has 546 valence electrons. The molecule has 0 unspecified atom stereocenters. The number of carboxylic acid groups (broad SMARTS) is 4. The Kier molecular flexibility index (Phi) is 24.5. The van der Waals surface area contributed by atoms with Crippen molar-refractivity contribution in [2.24, 2.45) is 7.05 Å². The van der Waals surface area contributed by atoms with Crippen LogP contribution in [0.25, 0.3) is 44.8 Å². The fourth-order valence-corrected chi connectivity index (χ4v) is 14.8. The summed E-state index contributed by atoms with van der Waals surface area (Å²) in [4.78, 5) is 161. The molecule has 0 spiro atoms. The molecule has 0 radical (unpaired) electrons. The van der Waals surface area contributed by atoms with Crippen LogP contribution in [0.4, 0.5) is 31.9 Å². The smallest absolute Gasteiger partial charge is 0.339 e. The minimum atomic E-state index is -1.18. The Morgan fingerprint density at radius 1 is 0.439 bits per heavy atom. The second-order valence-corrected chi connectivity index (χ2v) is 27.0. The molecule has 39 heteroatoms. The predicted octanol–water partition coefficient (Wildman–Crippen LogP) is 11.2. The van der Waals surface area contributed by atoms with Crippen LogP contribution in [0.3, 0.4) is 0 Å². The Morgan fingerprint density at radius 3 is 1.23 bits per heavy atom. The van der Waals surface area contributed by atoms with E-state index in [1.165, 1.54) is 105 Å². The molecule has 2 aliphatic rings. The highest BCUT2D eigenvalue weighted by molar-refractivity contribution is 7.16. The normalized spacial score (nSPS) is 12.4. The van der Waals surface area contributed by atoms with Gasteiger partial charge in [0.05, 0.1) is 59.6 Å². The van der Waals surface area contributed by atoms with E-state index in [2.05, 4.69) is 106 Å². The summed E-state index contributed by atoms with van der Waals surface area (Å²) < 4.78 is 1.48. The van der Waals surface area contributed by atoms with Crippen LogP contribution < -0.4 is 31.1 Å². The van der Waals surface area contributed by atoms with E-state index in [1.807, 2.05) is 13.8 Å².